The number of aromatic nitrogens is 1. The lowest BCUT2D eigenvalue weighted by molar-refractivity contribution is -0.133. The van der Waals surface area contributed by atoms with Crippen LogP contribution in [0.5, 0.6) is 0 Å². The van der Waals surface area contributed by atoms with Crippen LogP contribution >= 0.6 is 0 Å². The average molecular weight is 338 g/mol. The molecule has 1 amide bonds. The van der Waals surface area contributed by atoms with Crippen molar-refractivity contribution in [2.75, 3.05) is 26.2 Å². The van der Waals surface area contributed by atoms with E-state index in [2.05, 4.69) is 16.1 Å². The first kappa shape index (κ1) is 17.2. The fraction of sp³-hybridized carbons (Fsp3) is 0.421. The highest BCUT2D eigenvalue weighted by Gasteiger charge is 2.21. The Hall–Kier alpha value is -2.65. The third-order valence-electron chi connectivity index (χ3n) is 4.49. The van der Waals surface area contributed by atoms with E-state index in [9.17, 15) is 4.79 Å². The third kappa shape index (κ3) is 4.68. The first-order chi connectivity index (χ1) is 12.1. The van der Waals surface area contributed by atoms with E-state index < -0.39 is 0 Å². The molecule has 0 spiro atoms. The number of benzene rings is 1. The van der Waals surface area contributed by atoms with Gasteiger partial charge in [-0.15, -0.1) is 0 Å². The van der Waals surface area contributed by atoms with Crippen molar-refractivity contribution in [1.29, 1.82) is 5.26 Å². The van der Waals surface area contributed by atoms with Gasteiger partial charge in [-0.25, -0.2) is 0 Å². The number of rotatable bonds is 5. The summed E-state index contributed by atoms with van der Waals surface area (Å²) in [4.78, 5) is 16.6. The maximum Gasteiger partial charge on any atom is 0.222 e. The molecular formula is C19H22N4O2. The highest BCUT2D eigenvalue weighted by atomic mass is 16.5. The topological polar surface area (TPSA) is 73.4 Å². The van der Waals surface area contributed by atoms with E-state index in [0.29, 0.717) is 18.4 Å². The van der Waals surface area contributed by atoms with E-state index in [0.717, 1.165) is 49.7 Å². The second-order valence-electron chi connectivity index (χ2n) is 6.40. The van der Waals surface area contributed by atoms with E-state index in [4.69, 9.17) is 9.78 Å². The highest BCUT2D eigenvalue weighted by molar-refractivity contribution is 5.76. The van der Waals surface area contributed by atoms with Gasteiger partial charge in [0, 0.05) is 38.7 Å². The Balaban J connectivity index is 1.42. The molecule has 1 fully saturated rings. The number of nitriles is 1. The molecule has 6 nitrogen and oxygen atoms in total. The van der Waals surface area contributed by atoms with Crippen molar-refractivity contribution in [3.63, 3.8) is 0 Å². The molecule has 0 bridgehead atoms. The quantitative estimate of drug-likeness (QED) is 0.835. The molecule has 1 aromatic carbocycles. The van der Waals surface area contributed by atoms with Gasteiger partial charge in [-0.3, -0.25) is 9.69 Å². The molecule has 6 heteroatoms. The van der Waals surface area contributed by atoms with Gasteiger partial charge in [0.25, 0.3) is 0 Å². The summed E-state index contributed by atoms with van der Waals surface area (Å²) in [5.41, 5.74) is 2.63. The van der Waals surface area contributed by atoms with Crippen LogP contribution in [0.4, 0.5) is 0 Å². The van der Waals surface area contributed by atoms with E-state index >= 15 is 0 Å². The molecule has 0 saturated carbocycles. The molecule has 1 aliphatic rings. The van der Waals surface area contributed by atoms with Gasteiger partial charge in [-0.1, -0.05) is 17.3 Å². The smallest absolute Gasteiger partial charge is 0.222 e. The maximum atomic E-state index is 12.4. The maximum absolute atomic E-state index is 12.4. The fourth-order valence-electron chi connectivity index (χ4n) is 3.02. The van der Waals surface area contributed by atoms with Crippen molar-refractivity contribution in [2.45, 2.75) is 26.3 Å². The Morgan fingerprint density at radius 2 is 1.96 bits per heavy atom. The van der Waals surface area contributed by atoms with Gasteiger partial charge >= 0.3 is 0 Å². The number of carbonyl (C=O) groups is 1. The van der Waals surface area contributed by atoms with Crippen LogP contribution in [0.3, 0.4) is 0 Å². The van der Waals surface area contributed by atoms with Gasteiger partial charge in [-0.2, -0.15) is 5.26 Å². The number of piperazine rings is 1. The van der Waals surface area contributed by atoms with Gasteiger partial charge < -0.3 is 9.42 Å². The summed E-state index contributed by atoms with van der Waals surface area (Å²) in [6.45, 7) is 5.86. The summed E-state index contributed by atoms with van der Waals surface area (Å²) in [5.74, 6) is 1.07. The highest BCUT2D eigenvalue weighted by Crippen LogP contribution is 2.12. The fourth-order valence-corrected chi connectivity index (χ4v) is 3.02. The van der Waals surface area contributed by atoms with E-state index in [-0.39, 0.29) is 5.91 Å². The first-order valence-electron chi connectivity index (χ1n) is 8.55. The van der Waals surface area contributed by atoms with Crippen LogP contribution in [0.15, 0.2) is 34.9 Å². The SMILES string of the molecule is Cc1cc(CN2CCN(C(=O)CCc3ccc(C#N)cc3)CC2)on1. The van der Waals surface area contributed by atoms with Gasteiger partial charge in [0.1, 0.15) is 0 Å². The summed E-state index contributed by atoms with van der Waals surface area (Å²) in [6.07, 6.45) is 1.22. The van der Waals surface area contributed by atoms with Crippen molar-refractivity contribution in [1.82, 2.24) is 15.0 Å². The monoisotopic (exact) mass is 338 g/mol. The van der Waals surface area contributed by atoms with Crippen molar-refractivity contribution in [3.8, 4) is 6.07 Å². The number of nitrogens with zero attached hydrogens (tertiary/aromatic N) is 4. The molecule has 1 aliphatic heterocycles. The van der Waals surface area contributed by atoms with Crippen LogP contribution in [0.2, 0.25) is 0 Å². The molecule has 130 valence electrons. The summed E-state index contributed by atoms with van der Waals surface area (Å²) >= 11 is 0. The molecule has 1 aromatic heterocycles. The van der Waals surface area contributed by atoms with Crippen LogP contribution in [-0.4, -0.2) is 47.0 Å². The lowest BCUT2D eigenvalue weighted by Gasteiger charge is -2.34. The molecule has 2 heterocycles. The van der Waals surface area contributed by atoms with Crippen molar-refractivity contribution < 1.29 is 9.32 Å². The molecule has 3 rings (SSSR count). The molecule has 0 unspecified atom stereocenters. The predicted octanol–water partition coefficient (Wildman–Crippen LogP) is 2.13. The number of amides is 1. The van der Waals surface area contributed by atoms with Crippen LogP contribution in [0, 0.1) is 18.3 Å². The Kier molecular flexibility index (Phi) is 5.46. The van der Waals surface area contributed by atoms with Crippen molar-refractivity contribution in [2.24, 2.45) is 0 Å². The van der Waals surface area contributed by atoms with Gasteiger partial charge in [0.2, 0.25) is 5.91 Å². The molecule has 2 aromatic rings. The number of carbonyl (C=O) groups excluding carboxylic acids is 1. The molecule has 0 atom stereocenters. The molecule has 0 radical (unpaired) electrons. The second-order valence-corrected chi connectivity index (χ2v) is 6.40. The average Bonchev–Trinajstić information content (AvgIpc) is 3.05. The Bertz CT molecular complexity index is 752. The molecule has 0 N–H and O–H groups in total. The van der Waals surface area contributed by atoms with Crippen LogP contribution in [-0.2, 0) is 17.8 Å². The Morgan fingerprint density at radius 3 is 2.56 bits per heavy atom. The molecule has 0 aliphatic carbocycles. The summed E-state index contributed by atoms with van der Waals surface area (Å²) in [7, 11) is 0. The van der Waals surface area contributed by atoms with E-state index in [1.54, 1.807) is 12.1 Å². The number of hydrogen-bond donors (Lipinski definition) is 0. The zero-order valence-electron chi connectivity index (χ0n) is 14.4. The van der Waals surface area contributed by atoms with E-state index in [1.807, 2.05) is 30.0 Å². The third-order valence-corrected chi connectivity index (χ3v) is 4.49. The van der Waals surface area contributed by atoms with Crippen LogP contribution < -0.4 is 0 Å². The van der Waals surface area contributed by atoms with E-state index in [1.165, 1.54) is 0 Å². The van der Waals surface area contributed by atoms with Crippen LogP contribution in [0.25, 0.3) is 0 Å². The van der Waals surface area contributed by atoms with Gasteiger partial charge in [0.05, 0.1) is 23.9 Å². The van der Waals surface area contributed by atoms with Crippen molar-refractivity contribution in [3.05, 3.63) is 52.9 Å². The molecular weight excluding hydrogens is 316 g/mol. The first-order valence-corrected chi connectivity index (χ1v) is 8.55. The molecule has 25 heavy (non-hydrogen) atoms. The zero-order chi connectivity index (χ0) is 17.6. The predicted molar refractivity (Wildman–Crippen MR) is 92.6 cm³/mol. The summed E-state index contributed by atoms with van der Waals surface area (Å²) in [5, 5.41) is 12.7. The number of aryl methyl sites for hydroxylation is 2. The zero-order valence-corrected chi connectivity index (χ0v) is 14.4. The van der Waals surface area contributed by atoms with Crippen LogP contribution in [0.1, 0.15) is 29.0 Å². The lowest BCUT2D eigenvalue weighted by atomic mass is 10.1. The molecule has 1 saturated heterocycles. The summed E-state index contributed by atoms with van der Waals surface area (Å²) in [6, 6.07) is 11.5. The second kappa shape index (κ2) is 7.95. The number of hydrogen-bond acceptors (Lipinski definition) is 5. The Morgan fingerprint density at radius 1 is 1.24 bits per heavy atom. The lowest BCUT2D eigenvalue weighted by Crippen LogP contribution is -2.48. The Labute approximate surface area is 147 Å². The standard InChI is InChI=1S/C19H22N4O2/c1-15-12-18(25-21-15)14-22-8-10-23(11-9-22)19(24)7-6-16-2-4-17(13-20)5-3-16/h2-5,12H,6-11,14H2,1H3. The minimum Gasteiger partial charge on any atom is -0.360 e. The largest absolute Gasteiger partial charge is 0.360 e. The summed E-state index contributed by atoms with van der Waals surface area (Å²) < 4.78 is 5.25. The normalized spacial score (nSPS) is 15.1. The van der Waals surface area contributed by atoms with Gasteiger partial charge in [0.15, 0.2) is 5.76 Å². The minimum atomic E-state index is 0.194. The van der Waals surface area contributed by atoms with Crippen molar-refractivity contribution >= 4 is 5.91 Å². The minimum absolute atomic E-state index is 0.194. The van der Waals surface area contributed by atoms with Gasteiger partial charge in [-0.05, 0) is 31.0 Å².